The number of fused-ring (bicyclic) bond motifs is 4. The first-order valence-corrected chi connectivity index (χ1v) is 21.2. The zero-order valence-corrected chi connectivity index (χ0v) is 37.2. The molecule has 1 aliphatic carbocycles. The van der Waals surface area contributed by atoms with E-state index in [1.54, 1.807) is 13.0 Å². The maximum atomic E-state index is 15.2. The van der Waals surface area contributed by atoms with Crippen molar-refractivity contribution >= 4 is 23.6 Å². The molecule has 5 aliphatic rings. The molecule has 4 aliphatic heterocycles. The van der Waals surface area contributed by atoms with Crippen LogP contribution in [0.1, 0.15) is 105 Å². The lowest BCUT2D eigenvalue weighted by atomic mass is 9.53. The molecule has 0 radical (unpaired) electrons. The maximum absolute atomic E-state index is 15.2. The molecule has 60 heavy (non-hydrogen) atoms. The van der Waals surface area contributed by atoms with E-state index >= 15 is 4.79 Å². The first kappa shape index (κ1) is 44.7. The van der Waals surface area contributed by atoms with Crippen molar-refractivity contribution in [2.45, 2.75) is 118 Å². The Bertz CT molecular complexity index is 2140. The minimum Gasteiger partial charge on any atom is -0.491 e. The number of aliphatic hydroxyl groups is 1. The molecule has 1 aromatic carbocycles. The van der Waals surface area contributed by atoms with Crippen molar-refractivity contribution in [3.05, 3.63) is 74.7 Å². The van der Waals surface area contributed by atoms with Gasteiger partial charge in [0.1, 0.15) is 58.6 Å². The van der Waals surface area contributed by atoms with Gasteiger partial charge in [0, 0.05) is 59.9 Å². The second kappa shape index (κ2) is 17.3. The van der Waals surface area contributed by atoms with E-state index < -0.39 is 40.7 Å². The van der Waals surface area contributed by atoms with Gasteiger partial charge in [-0.15, -0.1) is 0 Å². The molecule has 0 bridgehead atoms. The second-order valence-electron chi connectivity index (χ2n) is 18.1. The molecule has 0 aromatic heterocycles. The number of methoxy groups -OCH3 is 1. The summed E-state index contributed by atoms with van der Waals surface area (Å²) in [5.74, 6) is -1.11. The fraction of sp³-hybridized carbons (Fsp3) is 0.562. The Labute approximate surface area is 355 Å². The first-order chi connectivity index (χ1) is 28.4. The Morgan fingerprint density at radius 3 is 2.42 bits per heavy atom. The second-order valence-corrected chi connectivity index (χ2v) is 18.1. The minimum atomic E-state index is -1.34. The summed E-state index contributed by atoms with van der Waals surface area (Å²) in [5.41, 5.74) is 9.59. The number of nitrogens with one attached hydrogen (secondary N) is 1. The lowest BCUT2D eigenvalue weighted by Gasteiger charge is -2.64. The molecule has 0 amide bonds. The molecule has 6 rings (SSSR count). The predicted molar refractivity (Wildman–Crippen MR) is 230 cm³/mol. The van der Waals surface area contributed by atoms with Gasteiger partial charge in [-0.1, -0.05) is 43.2 Å². The summed E-state index contributed by atoms with van der Waals surface area (Å²) in [6, 6.07) is 2.29. The normalized spacial score (nSPS) is 28.4. The highest BCUT2D eigenvalue weighted by Gasteiger charge is 2.70. The highest BCUT2D eigenvalue weighted by Crippen LogP contribution is 2.63. The van der Waals surface area contributed by atoms with E-state index in [-0.39, 0.29) is 48.7 Å². The molecule has 1 saturated heterocycles. The smallest absolute Gasteiger partial charge is 0.333 e. The van der Waals surface area contributed by atoms with Crippen molar-refractivity contribution in [1.82, 2.24) is 5.32 Å². The number of hydrogen-bond acceptors (Lipinski definition) is 12. The van der Waals surface area contributed by atoms with Gasteiger partial charge in [0.2, 0.25) is 5.88 Å². The Hall–Kier alpha value is -4.83. The Morgan fingerprint density at radius 1 is 1.07 bits per heavy atom. The molecular formula is C48H63N3O9. The zero-order valence-electron chi connectivity index (χ0n) is 37.2. The standard InChI is InChI=1S/C48H63N3O9/c1-26(2)13-12-18-47(10)19-17-32-38(59-47)31(15-14-27(3)4)40-36(39(32)56-24-22-51-21-23-52)41-35-34(33(25-49)44(50)58-41)29(6)43(53)48(20-16-28(5)45(54)55-11)42(46(8,9)60-48)30(7)37(35)57-40/h13-14,16-17,19,29-30,34,37,42,51-52H,12,15,18,20-24,50H2,1-11H3/b28-16-. The lowest BCUT2D eigenvalue weighted by Crippen LogP contribution is -2.74. The van der Waals surface area contributed by atoms with Gasteiger partial charge in [0.15, 0.2) is 5.78 Å². The average Bonchev–Trinajstić information content (AvgIpc) is 3.18. The van der Waals surface area contributed by atoms with E-state index in [0.29, 0.717) is 59.2 Å². The molecule has 1 aromatic rings. The Balaban J connectivity index is 1.63. The average molecular weight is 826 g/mol. The molecule has 12 heteroatoms. The van der Waals surface area contributed by atoms with E-state index in [9.17, 15) is 15.2 Å². The van der Waals surface area contributed by atoms with E-state index in [2.05, 4.69) is 77.2 Å². The van der Waals surface area contributed by atoms with Crippen LogP contribution in [0, 0.1) is 35.0 Å². The van der Waals surface area contributed by atoms with Gasteiger partial charge in [0.05, 0.1) is 30.5 Å². The quantitative estimate of drug-likeness (QED) is 0.0736. The number of nitrogens with zero attached hydrogens (tertiary/aromatic N) is 1. The van der Waals surface area contributed by atoms with Gasteiger partial charge in [-0.2, -0.15) is 5.26 Å². The predicted octanol–water partition coefficient (Wildman–Crippen LogP) is 7.41. The molecule has 4 heterocycles. The fourth-order valence-electron chi connectivity index (χ4n) is 10.0. The third-order valence-corrected chi connectivity index (χ3v) is 12.7. The number of benzene rings is 1. The summed E-state index contributed by atoms with van der Waals surface area (Å²) >= 11 is 0. The van der Waals surface area contributed by atoms with Crippen molar-refractivity contribution in [3.8, 4) is 23.3 Å². The summed E-state index contributed by atoms with van der Waals surface area (Å²) in [4.78, 5) is 27.7. The summed E-state index contributed by atoms with van der Waals surface area (Å²) < 4.78 is 39.6. The number of carbonyl (C=O) groups excluding carboxylic acids is 2. The molecule has 7 unspecified atom stereocenters. The van der Waals surface area contributed by atoms with Gasteiger partial charge in [-0.3, -0.25) is 4.79 Å². The monoisotopic (exact) mass is 825 g/mol. The number of ketones is 1. The summed E-state index contributed by atoms with van der Waals surface area (Å²) in [6.45, 7) is 20.9. The van der Waals surface area contributed by atoms with Crippen LogP contribution >= 0.6 is 0 Å². The molecular weight excluding hydrogens is 763 g/mol. The number of rotatable bonds is 14. The SMILES string of the molecule is COC(=O)/C(C)=C\CC12OC(C)(C)C1C(C)C1Oc3c(CC=C(C)C)c4c(c(OCCNCCO)c3C3=C1C(C(C#N)=C(N)O3)C(C)C2=O)C=CC(C)(CCC=C(C)C)O4. The number of allylic oxidation sites excluding steroid dienone is 5. The summed E-state index contributed by atoms with van der Waals surface area (Å²) in [7, 11) is 1.32. The molecule has 2 fully saturated rings. The molecule has 4 N–H and O–H groups in total. The number of aliphatic hydroxyl groups excluding tert-OH is 1. The number of ether oxygens (including phenoxy) is 6. The Kier molecular flexibility index (Phi) is 12.9. The number of Topliss-reactive ketones (excluding diaryl/α,β-unsaturated/α-hetero) is 1. The zero-order chi connectivity index (χ0) is 43.9. The van der Waals surface area contributed by atoms with Gasteiger partial charge in [-0.05, 0) is 86.8 Å². The van der Waals surface area contributed by atoms with Crippen LogP contribution in [-0.4, -0.2) is 73.2 Å². The molecule has 324 valence electrons. The van der Waals surface area contributed by atoms with Gasteiger partial charge in [0.25, 0.3) is 0 Å². The van der Waals surface area contributed by atoms with E-state index in [4.69, 9.17) is 34.2 Å². The minimum absolute atomic E-state index is 0.0142. The van der Waals surface area contributed by atoms with Crippen LogP contribution < -0.4 is 25.3 Å². The molecule has 1 saturated carbocycles. The van der Waals surface area contributed by atoms with Crippen LogP contribution in [0.15, 0.2) is 58.1 Å². The van der Waals surface area contributed by atoms with Crippen LogP contribution in [0.2, 0.25) is 0 Å². The van der Waals surface area contributed by atoms with Crippen LogP contribution in [0.5, 0.6) is 17.2 Å². The van der Waals surface area contributed by atoms with E-state index in [1.807, 2.05) is 20.8 Å². The summed E-state index contributed by atoms with van der Waals surface area (Å²) in [5, 5.41) is 23.4. The number of hydrogen-bond donors (Lipinski definition) is 3. The van der Waals surface area contributed by atoms with Crippen molar-refractivity contribution in [2.24, 2.45) is 29.4 Å². The van der Waals surface area contributed by atoms with Crippen molar-refractivity contribution in [1.29, 1.82) is 5.26 Å². The third-order valence-electron chi connectivity index (χ3n) is 12.7. The Morgan fingerprint density at radius 2 is 1.78 bits per heavy atom. The number of nitrogens with two attached hydrogens (primary N) is 1. The fourth-order valence-corrected chi connectivity index (χ4v) is 10.0. The number of nitriles is 1. The number of esters is 1. The van der Waals surface area contributed by atoms with E-state index in [1.165, 1.54) is 12.7 Å². The molecule has 12 nitrogen and oxygen atoms in total. The van der Waals surface area contributed by atoms with Gasteiger partial charge < -0.3 is 44.6 Å². The van der Waals surface area contributed by atoms with Crippen LogP contribution in [0.3, 0.4) is 0 Å². The van der Waals surface area contributed by atoms with E-state index in [0.717, 1.165) is 29.5 Å². The van der Waals surface area contributed by atoms with Gasteiger partial charge in [-0.25, -0.2) is 4.79 Å². The van der Waals surface area contributed by atoms with Gasteiger partial charge >= 0.3 is 5.97 Å². The highest BCUT2D eigenvalue weighted by molar-refractivity contribution is 5.95. The van der Waals surface area contributed by atoms with Crippen LogP contribution in [0.4, 0.5) is 0 Å². The topological polar surface area (TPSA) is 172 Å². The highest BCUT2D eigenvalue weighted by atomic mass is 16.6. The van der Waals surface area contributed by atoms with Crippen molar-refractivity contribution in [2.75, 3.05) is 33.4 Å². The number of carbonyl (C=O) groups is 2. The molecule has 7 atom stereocenters. The van der Waals surface area contributed by atoms with Crippen LogP contribution in [0.25, 0.3) is 11.8 Å². The third kappa shape index (κ3) is 7.92. The van der Waals surface area contributed by atoms with Crippen molar-refractivity contribution in [3.63, 3.8) is 0 Å². The summed E-state index contributed by atoms with van der Waals surface area (Å²) in [6.07, 6.45) is 11.7. The largest absolute Gasteiger partial charge is 0.491 e. The first-order valence-electron chi connectivity index (χ1n) is 21.2. The van der Waals surface area contributed by atoms with Crippen LogP contribution in [-0.2, 0) is 30.2 Å². The molecule has 0 spiro atoms. The van der Waals surface area contributed by atoms with Crippen molar-refractivity contribution < 1.29 is 43.1 Å². The lowest BCUT2D eigenvalue weighted by molar-refractivity contribution is -0.313. The maximum Gasteiger partial charge on any atom is 0.333 e.